The quantitative estimate of drug-likeness (QED) is 0.704. The van der Waals surface area contributed by atoms with Gasteiger partial charge in [0.1, 0.15) is 11.4 Å². The topological polar surface area (TPSA) is 91.2 Å². The van der Waals surface area contributed by atoms with Gasteiger partial charge in [0.25, 0.3) is 0 Å². The molecule has 0 aromatic rings. The van der Waals surface area contributed by atoms with Gasteiger partial charge in [-0.3, -0.25) is 10.3 Å². The summed E-state index contributed by atoms with van der Waals surface area (Å²) in [5.74, 6) is -0.675. The Labute approximate surface area is 99.4 Å². The number of carbonyl (C=O) groups is 2. The number of aliphatic carboxylic acids is 1. The van der Waals surface area contributed by atoms with Crippen molar-refractivity contribution in [3.63, 3.8) is 0 Å². The molecule has 0 saturated carbocycles. The number of amidine groups is 1. The Balaban J connectivity index is 2.52. The number of carboxylic acids is 1. The van der Waals surface area contributed by atoms with E-state index in [2.05, 4.69) is 10.4 Å². The van der Waals surface area contributed by atoms with Crippen molar-refractivity contribution in [2.75, 3.05) is 7.05 Å². The lowest BCUT2D eigenvalue weighted by Gasteiger charge is -2.19. The SMILES string of the molecule is CN1N=C(NC(=O)OC(C)(C)C)CC1C(=O)O. The van der Waals surface area contributed by atoms with Gasteiger partial charge in [0.15, 0.2) is 6.04 Å². The van der Waals surface area contributed by atoms with Crippen molar-refractivity contribution in [2.45, 2.75) is 38.8 Å². The third-order valence-electron chi connectivity index (χ3n) is 2.05. The number of hydrazone groups is 1. The Kier molecular flexibility index (Phi) is 3.59. The third-order valence-corrected chi connectivity index (χ3v) is 2.05. The molecule has 1 unspecified atom stereocenters. The van der Waals surface area contributed by atoms with E-state index in [0.29, 0.717) is 5.84 Å². The van der Waals surface area contributed by atoms with Crippen LogP contribution in [0.15, 0.2) is 5.10 Å². The van der Waals surface area contributed by atoms with Crippen molar-refractivity contribution in [3.8, 4) is 0 Å². The maximum atomic E-state index is 11.4. The first-order valence-electron chi connectivity index (χ1n) is 5.22. The molecular weight excluding hydrogens is 226 g/mol. The molecule has 1 aliphatic rings. The molecule has 0 saturated heterocycles. The first kappa shape index (κ1) is 13.3. The maximum Gasteiger partial charge on any atom is 0.413 e. The van der Waals surface area contributed by atoms with E-state index in [-0.39, 0.29) is 6.42 Å². The van der Waals surface area contributed by atoms with Gasteiger partial charge in [0.2, 0.25) is 0 Å². The smallest absolute Gasteiger partial charge is 0.413 e. The lowest BCUT2D eigenvalue weighted by atomic mass is 10.2. The van der Waals surface area contributed by atoms with Gasteiger partial charge in [-0.05, 0) is 20.8 Å². The van der Waals surface area contributed by atoms with E-state index in [1.165, 1.54) is 5.01 Å². The Morgan fingerprint density at radius 3 is 2.53 bits per heavy atom. The molecule has 1 aliphatic heterocycles. The summed E-state index contributed by atoms with van der Waals surface area (Å²) in [4.78, 5) is 22.2. The molecule has 2 N–H and O–H groups in total. The van der Waals surface area contributed by atoms with Crippen LogP contribution in [0, 0.1) is 0 Å². The van der Waals surface area contributed by atoms with Crippen molar-refractivity contribution in [3.05, 3.63) is 0 Å². The van der Waals surface area contributed by atoms with Crippen molar-refractivity contribution in [1.82, 2.24) is 10.3 Å². The van der Waals surface area contributed by atoms with Crippen LogP contribution < -0.4 is 5.32 Å². The lowest BCUT2D eigenvalue weighted by Crippen LogP contribution is -2.37. The van der Waals surface area contributed by atoms with Gasteiger partial charge < -0.3 is 9.84 Å². The number of nitrogens with zero attached hydrogens (tertiary/aromatic N) is 2. The molecule has 1 rings (SSSR count). The van der Waals surface area contributed by atoms with Gasteiger partial charge in [-0.25, -0.2) is 9.59 Å². The number of hydrogen-bond acceptors (Lipinski definition) is 5. The van der Waals surface area contributed by atoms with Crippen LogP contribution in [0.2, 0.25) is 0 Å². The van der Waals surface area contributed by atoms with Crippen LogP contribution in [0.5, 0.6) is 0 Å². The standard InChI is InChI=1S/C10H17N3O4/c1-10(2,3)17-9(16)11-7-5-6(8(14)15)13(4)12-7/h6H,5H2,1-4H3,(H,14,15)(H,11,12,16). The van der Waals surface area contributed by atoms with Gasteiger partial charge >= 0.3 is 12.1 Å². The highest BCUT2D eigenvalue weighted by Gasteiger charge is 2.31. The van der Waals surface area contributed by atoms with E-state index in [9.17, 15) is 9.59 Å². The molecule has 1 atom stereocenters. The number of rotatable bonds is 1. The number of carbonyl (C=O) groups excluding carboxylic acids is 1. The fraction of sp³-hybridized carbons (Fsp3) is 0.700. The molecule has 0 aromatic carbocycles. The van der Waals surface area contributed by atoms with E-state index in [1.54, 1.807) is 27.8 Å². The normalized spacial score (nSPS) is 19.9. The molecule has 0 spiro atoms. The van der Waals surface area contributed by atoms with E-state index in [1.807, 2.05) is 0 Å². The maximum absolute atomic E-state index is 11.4. The highest BCUT2D eigenvalue weighted by molar-refractivity contribution is 5.98. The van der Waals surface area contributed by atoms with Crippen molar-refractivity contribution in [2.24, 2.45) is 5.10 Å². The average molecular weight is 243 g/mol. The predicted octanol–water partition coefficient (Wildman–Crippen LogP) is 0.613. The largest absolute Gasteiger partial charge is 0.480 e. The molecule has 1 amide bonds. The van der Waals surface area contributed by atoms with Gasteiger partial charge in [0.05, 0.1) is 0 Å². The summed E-state index contributed by atoms with van der Waals surface area (Å²) in [5.41, 5.74) is -0.596. The van der Waals surface area contributed by atoms with Crippen LogP contribution >= 0.6 is 0 Å². The van der Waals surface area contributed by atoms with Gasteiger partial charge in [-0.15, -0.1) is 0 Å². The van der Waals surface area contributed by atoms with E-state index >= 15 is 0 Å². The summed E-state index contributed by atoms with van der Waals surface area (Å²) in [6.07, 6.45) is -0.471. The molecule has 0 aliphatic carbocycles. The molecule has 1 heterocycles. The fourth-order valence-corrected chi connectivity index (χ4v) is 1.36. The Bertz CT molecular complexity index is 359. The van der Waals surface area contributed by atoms with Gasteiger partial charge in [-0.1, -0.05) is 0 Å². The fourth-order valence-electron chi connectivity index (χ4n) is 1.36. The molecule has 96 valence electrons. The Morgan fingerprint density at radius 2 is 2.12 bits per heavy atom. The molecular formula is C10H17N3O4. The number of carboxylic acid groups (broad SMARTS) is 1. The monoisotopic (exact) mass is 243 g/mol. The highest BCUT2D eigenvalue weighted by Crippen LogP contribution is 2.13. The van der Waals surface area contributed by atoms with Crippen LogP contribution in [-0.4, -0.2) is 46.7 Å². The number of alkyl carbamates (subject to hydrolysis) is 1. The molecule has 7 heteroatoms. The number of amides is 1. The summed E-state index contributed by atoms with van der Waals surface area (Å²) in [5, 5.41) is 16.5. The summed E-state index contributed by atoms with van der Waals surface area (Å²) >= 11 is 0. The van der Waals surface area contributed by atoms with Crippen LogP contribution in [0.3, 0.4) is 0 Å². The van der Waals surface area contributed by atoms with Crippen LogP contribution in [0.1, 0.15) is 27.2 Å². The molecule has 0 bridgehead atoms. The second kappa shape index (κ2) is 4.60. The van der Waals surface area contributed by atoms with Crippen molar-refractivity contribution < 1.29 is 19.4 Å². The summed E-state index contributed by atoms with van der Waals surface area (Å²) < 4.78 is 5.03. The minimum atomic E-state index is -0.975. The highest BCUT2D eigenvalue weighted by atomic mass is 16.6. The second-order valence-corrected chi connectivity index (χ2v) is 4.81. The van der Waals surface area contributed by atoms with Gasteiger partial charge in [0, 0.05) is 13.5 Å². The zero-order valence-electron chi connectivity index (χ0n) is 10.4. The zero-order valence-corrected chi connectivity index (χ0v) is 10.4. The Morgan fingerprint density at radius 1 is 1.53 bits per heavy atom. The van der Waals surface area contributed by atoms with Crippen LogP contribution in [0.25, 0.3) is 0 Å². The van der Waals surface area contributed by atoms with Crippen LogP contribution in [0.4, 0.5) is 4.79 Å². The number of nitrogens with one attached hydrogen (secondary N) is 1. The first-order chi connectivity index (χ1) is 7.69. The predicted molar refractivity (Wildman–Crippen MR) is 60.6 cm³/mol. The number of ether oxygens (including phenoxy) is 1. The molecule has 17 heavy (non-hydrogen) atoms. The minimum Gasteiger partial charge on any atom is -0.480 e. The summed E-state index contributed by atoms with van der Waals surface area (Å²) in [7, 11) is 1.54. The summed E-state index contributed by atoms with van der Waals surface area (Å²) in [6.45, 7) is 5.24. The number of likely N-dealkylation sites (N-methyl/N-ethyl adjacent to an activating group) is 1. The van der Waals surface area contributed by atoms with E-state index < -0.39 is 23.7 Å². The molecule has 0 radical (unpaired) electrons. The second-order valence-electron chi connectivity index (χ2n) is 4.81. The average Bonchev–Trinajstić information content (AvgIpc) is 2.42. The third kappa shape index (κ3) is 3.93. The van der Waals surface area contributed by atoms with E-state index in [4.69, 9.17) is 9.84 Å². The van der Waals surface area contributed by atoms with Crippen molar-refractivity contribution in [1.29, 1.82) is 0 Å². The molecule has 7 nitrogen and oxygen atoms in total. The van der Waals surface area contributed by atoms with Crippen molar-refractivity contribution >= 4 is 17.9 Å². The van der Waals surface area contributed by atoms with E-state index in [0.717, 1.165) is 0 Å². The Hall–Kier alpha value is -1.79. The summed E-state index contributed by atoms with van der Waals surface area (Å²) in [6, 6.07) is -0.736. The number of hydrogen-bond donors (Lipinski definition) is 2. The molecule has 0 aromatic heterocycles. The van der Waals surface area contributed by atoms with Gasteiger partial charge in [-0.2, -0.15) is 5.10 Å². The van der Waals surface area contributed by atoms with Crippen LogP contribution in [-0.2, 0) is 9.53 Å². The first-order valence-corrected chi connectivity index (χ1v) is 5.22. The molecule has 0 fully saturated rings. The minimum absolute atomic E-state index is 0.158. The lowest BCUT2D eigenvalue weighted by molar-refractivity contribution is -0.142. The zero-order chi connectivity index (χ0) is 13.2.